The van der Waals surface area contributed by atoms with Gasteiger partial charge in [-0.15, -0.1) is 0 Å². The molecule has 20 heavy (non-hydrogen) atoms. The van der Waals surface area contributed by atoms with Gasteiger partial charge in [-0.05, 0) is 30.7 Å². The number of amides is 1. The molecule has 5 heteroatoms. The Labute approximate surface area is 123 Å². The van der Waals surface area contributed by atoms with Gasteiger partial charge in [-0.1, -0.05) is 24.6 Å². The number of nitrogens with one attached hydrogen (secondary N) is 1. The van der Waals surface area contributed by atoms with Crippen molar-refractivity contribution in [3.63, 3.8) is 0 Å². The van der Waals surface area contributed by atoms with E-state index in [1.165, 1.54) is 0 Å². The summed E-state index contributed by atoms with van der Waals surface area (Å²) in [5.74, 6) is -0.139. The largest absolute Gasteiger partial charge is 0.352 e. The topological polar surface area (TPSA) is 54.9 Å². The van der Waals surface area contributed by atoms with E-state index in [2.05, 4.69) is 15.3 Å². The second kappa shape index (κ2) is 7.01. The predicted molar refractivity (Wildman–Crippen MR) is 78.9 cm³/mol. The number of carbonyl (C=O) groups is 1. The van der Waals surface area contributed by atoms with E-state index >= 15 is 0 Å². The van der Waals surface area contributed by atoms with Crippen LogP contribution in [0, 0.1) is 0 Å². The van der Waals surface area contributed by atoms with Gasteiger partial charge in [0, 0.05) is 36.1 Å². The first-order valence-corrected chi connectivity index (χ1v) is 6.91. The fourth-order valence-corrected chi connectivity index (χ4v) is 2.04. The molecule has 2 heterocycles. The number of carbonyl (C=O) groups excluding carboxylic acids is 1. The molecule has 0 radical (unpaired) electrons. The lowest BCUT2D eigenvalue weighted by Crippen LogP contribution is -2.26. The molecular weight excluding hydrogens is 274 g/mol. The van der Waals surface area contributed by atoms with Crippen molar-refractivity contribution in [3.05, 3.63) is 58.6 Å². The van der Waals surface area contributed by atoms with E-state index < -0.39 is 0 Å². The van der Waals surface area contributed by atoms with Crippen molar-refractivity contribution in [1.82, 2.24) is 15.3 Å². The zero-order chi connectivity index (χ0) is 14.4. The summed E-state index contributed by atoms with van der Waals surface area (Å²) in [4.78, 5) is 20.4. The van der Waals surface area contributed by atoms with Crippen LogP contribution in [-0.2, 0) is 12.8 Å². The second-order valence-corrected chi connectivity index (χ2v) is 4.74. The van der Waals surface area contributed by atoms with E-state index in [-0.39, 0.29) is 5.91 Å². The highest BCUT2D eigenvalue weighted by atomic mass is 35.5. The molecule has 0 saturated carbocycles. The van der Waals surface area contributed by atoms with Gasteiger partial charge >= 0.3 is 0 Å². The van der Waals surface area contributed by atoms with E-state index in [0.717, 1.165) is 17.8 Å². The smallest absolute Gasteiger partial charge is 0.251 e. The van der Waals surface area contributed by atoms with Gasteiger partial charge in [0.2, 0.25) is 0 Å². The molecular formula is C15H16ClN3O. The van der Waals surface area contributed by atoms with Crippen molar-refractivity contribution in [2.75, 3.05) is 6.54 Å². The van der Waals surface area contributed by atoms with Crippen LogP contribution in [0.2, 0.25) is 5.15 Å². The molecule has 1 amide bonds. The summed E-state index contributed by atoms with van der Waals surface area (Å²) in [5.41, 5.74) is 2.31. The maximum atomic E-state index is 12.0. The number of aryl methyl sites for hydroxylation is 1. The van der Waals surface area contributed by atoms with Gasteiger partial charge in [-0.25, -0.2) is 4.98 Å². The van der Waals surface area contributed by atoms with E-state index in [0.29, 0.717) is 23.7 Å². The Hall–Kier alpha value is -1.94. The zero-order valence-corrected chi connectivity index (χ0v) is 12.0. The van der Waals surface area contributed by atoms with Gasteiger partial charge in [-0.3, -0.25) is 9.78 Å². The normalized spacial score (nSPS) is 10.3. The van der Waals surface area contributed by atoms with Gasteiger partial charge in [0.1, 0.15) is 5.15 Å². The van der Waals surface area contributed by atoms with Gasteiger partial charge in [0.25, 0.3) is 5.91 Å². The second-order valence-electron chi connectivity index (χ2n) is 4.35. The van der Waals surface area contributed by atoms with Crippen molar-refractivity contribution in [2.45, 2.75) is 19.8 Å². The van der Waals surface area contributed by atoms with Crippen LogP contribution in [0.1, 0.15) is 28.7 Å². The summed E-state index contributed by atoms with van der Waals surface area (Å²) in [6, 6.07) is 9.08. The Morgan fingerprint density at radius 3 is 2.85 bits per heavy atom. The first kappa shape index (κ1) is 14.5. The summed E-state index contributed by atoms with van der Waals surface area (Å²) in [5, 5.41) is 3.21. The van der Waals surface area contributed by atoms with E-state index in [1.54, 1.807) is 18.3 Å². The van der Waals surface area contributed by atoms with Crippen molar-refractivity contribution in [2.24, 2.45) is 0 Å². The van der Waals surface area contributed by atoms with Crippen molar-refractivity contribution in [3.8, 4) is 0 Å². The molecule has 0 aliphatic rings. The third-order valence-electron chi connectivity index (χ3n) is 2.86. The number of hydrogen-bond acceptors (Lipinski definition) is 3. The molecule has 0 fully saturated rings. The quantitative estimate of drug-likeness (QED) is 0.861. The van der Waals surface area contributed by atoms with Gasteiger partial charge in [-0.2, -0.15) is 0 Å². The third-order valence-corrected chi connectivity index (χ3v) is 3.06. The Kier molecular flexibility index (Phi) is 5.07. The molecule has 0 bridgehead atoms. The molecule has 0 unspecified atom stereocenters. The Balaban J connectivity index is 1.93. The first-order valence-electron chi connectivity index (χ1n) is 6.53. The molecule has 0 aliphatic heterocycles. The van der Waals surface area contributed by atoms with E-state index in [4.69, 9.17) is 11.6 Å². The highest BCUT2D eigenvalue weighted by Gasteiger charge is 2.08. The Morgan fingerprint density at radius 1 is 1.30 bits per heavy atom. The molecule has 0 aliphatic carbocycles. The molecule has 0 atom stereocenters. The third kappa shape index (κ3) is 4.03. The number of nitrogens with zero attached hydrogens (tertiary/aromatic N) is 2. The first-order chi connectivity index (χ1) is 9.69. The summed E-state index contributed by atoms with van der Waals surface area (Å²) in [6.45, 7) is 2.51. The predicted octanol–water partition coefficient (Wildman–Crippen LogP) is 2.66. The van der Waals surface area contributed by atoms with E-state index in [9.17, 15) is 4.79 Å². The van der Waals surface area contributed by atoms with Gasteiger partial charge in [0.05, 0.1) is 0 Å². The number of pyridine rings is 2. The van der Waals surface area contributed by atoms with Crippen molar-refractivity contribution in [1.29, 1.82) is 0 Å². The summed E-state index contributed by atoms with van der Waals surface area (Å²) < 4.78 is 0. The van der Waals surface area contributed by atoms with Gasteiger partial charge in [0.15, 0.2) is 0 Å². The average Bonchev–Trinajstić information content (AvgIpc) is 2.47. The van der Waals surface area contributed by atoms with Crippen LogP contribution in [0.3, 0.4) is 0 Å². The van der Waals surface area contributed by atoms with Gasteiger partial charge < -0.3 is 5.32 Å². The molecule has 0 saturated heterocycles. The van der Waals surface area contributed by atoms with Crippen LogP contribution in [0.15, 0.2) is 36.5 Å². The minimum absolute atomic E-state index is 0.139. The van der Waals surface area contributed by atoms with Crippen LogP contribution in [0.25, 0.3) is 0 Å². The fourth-order valence-electron chi connectivity index (χ4n) is 1.82. The molecule has 104 valence electrons. The Bertz CT molecular complexity index is 587. The van der Waals surface area contributed by atoms with Crippen LogP contribution < -0.4 is 5.32 Å². The fraction of sp³-hybridized carbons (Fsp3) is 0.267. The average molecular weight is 290 g/mol. The lowest BCUT2D eigenvalue weighted by atomic mass is 10.2. The molecule has 2 aromatic heterocycles. The summed E-state index contributed by atoms with van der Waals surface area (Å²) in [6.07, 6.45) is 3.19. The molecule has 2 rings (SSSR count). The highest BCUT2D eigenvalue weighted by molar-refractivity contribution is 6.29. The SMILES string of the molecule is CCc1cc(C(=O)NCCc2ccccn2)cc(Cl)n1. The van der Waals surface area contributed by atoms with Crippen molar-refractivity contribution < 1.29 is 4.79 Å². The van der Waals surface area contributed by atoms with Crippen molar-refractivity contribution >= 4 is 17.5 Å². The summed E-state index contributed by atoms with van der Waals surface area (Å²) >= 11 is 5.90. The highest BCUT2D eigenvalue weighted by Crippen LogP contribution is 2.11. The maximum Gasteiger partial charge on any atom is 0.251 e. The van der Waals surface area contributed by atoms with Crippen LogP contribution in [-0.4, -0.2) is 22.4 Å². The monoisotopic (exact) mass is 289 g/mol. The number of aromatic nitrogens is 2. The standard InChI is InChI=1S/C15H16ClN3O/c1-2-12-9-11(10-14(16)19-12)15(20)18-8-6-13-5-3-4-7-17-13/h3-5,7,9-10H,2,6,8H2,1H3,(H,18,20). The summed E-state index contributed by atoms with van der Waals surface area (Å²) in [7, 11) is 0. The number of hydrogen-bond donors (Lipinski definition) is 1. The lowest BCUT2D eigenvalue weighted by Gasteiger charge is -2.06. The van der Waals surface area contributed by atoms with E-state index in [1.807, 2.05) is 25.1 Å². The number of halogens is 1. The minimum Gasteiger partial charge on any atom is -0.352 e. The Morgan fingerprint density at radius 2 is 2.15 bits per heavy atom. The molecule has 4 nitrogen and oxygen atoms in total. The molecule has 0 spiro atoms. The zero-order valence-electron chi connectivity index (χ0n) is 11.3. The molecule has 2 aromatic rings. The van der Waals surface area contributed by atoms with Crippen LogP contribution >= 0.6 is 11.6 Å². The minimum atomic E-state index is -0.139. The van der Waals surface area contributed by atoms with Crippen LogP contribution in [0.4, 0.5) is 0 Å². The van der Waals surface area contributed by atoms with Crippen LogP contribution in [0.5, 0.6) is 0 Å². The maximum absolute atomic E-state index is 12.0. The lowest BCUT2D eigenvalue weighted by molar-refractivity contribution is 0.0954. The molecule has 1 N–H and O–H groups in total. The number of rotatable bonds is 5. The molecule has 0 aromatic carbocycles.